The van der Waals surface area contributed by atoms with E-state index in [-0.39, 0.29) is 10.8 Å². The zero-order valence-corrected chi connectivity index (χ0v) is 11.6. The predicted octanol–water partition coefficient (Wildman–Crippen LogP) is 0.594. The zero-order valence-electron chi connectivity index (χ0n) is 10.8. The SMILES string of the molecule is NS(=O)(=O)c1cccnc1OCCN1CCCCC1. The van der Waals surface area contributed by atoms with E-state index in [1.54, 1.807) is 0 Å². The minimum Gasteiger partial charge on any atom is -0.475 e. The Labute approximate surface area is 113 Å². The lowest BCUT2D eigenvalue weighted by Crippen LogP contribution is -2.33. The van der Waals surface area contributed by atoms with Crippen molar-refractivity contribution in [1.82, 2.24) is 9.88 Å². The van der Waals surface area contributed by atoms with E-state index in [4.69, 9.17) is 9.88 Å². The topological polar surface area (TPSA) is 85.5 Å². The van der Waals surface area contributed by atoms with E-state index in [1.165, 1.54) is 37.6 Å². The average molecular weight is 285 g/mol. The Morgan fingerprint density at radius 1 is 1.32 bits per heavy atom. The van der Waals surface area contributed by atoms with Crippen molar-refractivity contribution in [1.29, 1.82) is 0 Å². The van der Waals surface area contributed by atoms with Crippen molar-refractivity contribution in [3.63, 3.8) is 0 Å². The maximum Gasteiger partial charge on any atom is 0.243 e. The maximum atomic E-state index is 11.4. The van der Waals surface area contributed by atoms with E-state index in [0.29, 0.717) is 6.61 Å². The van der Waals surface area contributed by atoms with E-state index < -0.39 is 10.0 Å². The summed E-state index contributed by atoms with van der Waals surface area (Å²) in [5.74, 6) is 0.0852. The molecule has 1 saturated heterocycles. The normalized spacial score (nSPS) is 17.3. The van der Waals surface area contributed by atoms with Gasteiger partial charge in [0.05, 0.1) is 0 Å². The number of nitrogens with two attached hydrogens (primary N) is 1. The average Bonchev–Trinajstić information content (AvgIpc) is 2.39. The molecule has 0 saturated carbocycles. The summed E-state index contributed by atoms with van der Waals surface area (Å²) < 4.78 is 28.2. The lowest BCUT2D eigenvalue weighted by molar-refractivity contribution is 0.178. The van der Waals surface area contributed by atoms with Crippen LogP contribution in [0.5, 0.6) is 5.88 Å². The molecule has 0 bridgehead atoms. The van der Waals surface area contributed by atoms with Gasteiger partial charge in [-0.2, -0.15) is 0 Å². The molecule has 1 aliphatic heterocycles. The Hall–Kier alpha value is -1.18. The highest BCUT2D eigenvalue weighted by Gasteiger charge is 2.16. The number of sulfonamides is 1. The molecule has 2 rings (SSSR count). The largest absolute Gasteiger partial charge is 0.475 e. The van der Waals surface area contributed by atoms with Gasteiger partial charge in [0.1, 0.15) is 11.5 Å². The first kappa shape index (κ1) is 14.2. The first-order valence-electron chi connectivity index (χ1n) is 6.40. The molecule has 1 aromatic heterocycles. The Balaban J connectivity index is 1.92. The lowest BCUT2D eigenvalue weighted by Gasteiger charge is -2.26. The van der Waals surface area contributed by atoms with Gasteiger partial charge in [0.25, 0.3) is 0 Å². The minimum atomic E-state index is -3.79. The van der Waals surface area contributed by atoms with Crippen molar-refractivity contribution in [2.75, 3.05) is 26.2 Å². The third-order valence-corrected chi connectivity index (χ3v) is 4.06. The van der Waals surface area contributed by atoms with Crippen molar-refractivity contribution in [3.05, 3.63) is 18.3 Å². The predicted molar refractivity (Wildman–Crippen MR) is 71.4 cm³/mol. The molecule has 2 heterocycles. The number of ether oxygens (including phenoxy) is 1. The van der Waals surface area contributed by atoms with Crippen molar-refractivity contribution < 1.29 is 13.2 Å². The second kappa shape index (κ2) is 6.31. The van der Waals surface area contributed by atoms with Crippen LogP contribution in [0.3, 0.4) is 0 Å². The fraction of sp³-hybridized carbons (Fsp3) is 0.583. The first-order chi connectivity index (χ1) is 9.07. The Morgan fingerprint density at radius 2 is 2.05 bits per heavy atom. The van der Waals surface area contributed by atoms with Gasteiger partial charge < -0.3 is 4.74 Å². The number of piperidine rings is 1. The number of pyridine rings is 1. The quantitative estimate of drug-likeness (QED) is 0.856. The van der Waals surface area contributed by atoms with Gasteiger partial charge in [-0.3, -0.25) is 4.90 Å². The monoisotopic (exact) mass is 285 g/mol. The number of primary sulfonamides is 1. The van der Waals surface area contributed by atoms with Gasteiger partial charge in [-0.25, -0.2) is 18.5 Å². The molecule has 19 heavy (non-hydrogen) atoms. The molecule has 106 valence electrons. The van der Waals surface area contributed by atoms with Gasteiger partial charge in [-0.05, 0) is 38.1 Å². The van der Waals surface area contributed by atoms with Crippen LogP contribution in [0.15, 0.2) is 23.2 Å². The molecule has 0 aliphatic carbocycles. The van der Waals surface area contributed by atoms with Crippen molar-refractivity contribution in [3.8, 4) is 5.88 Å². The van der Waals surface area contributed by atoms with Crippen LogP contribution in [-0.2, 0) is 10.0 Å². The van der Waals surface area contributed by atoms with Gasteiger partial charge in [-0.15, -0.1) is 0 Å². The highest BCUT2D eigenvalue weighted by molar-refractivity contribution is 7.89. The molecule has 0 unspecified atom stereocenters. The smallest absolute Gasteiger partial charge is 0.243 e. The van der Waals surface area contributed by atoms with Gasteiger partial charge in [0.15, 0.2) is 0 Å². The summed E-state index contributed by atoms with van der Waals surface area (Å²) in [7, 11) is -3.79. The fourth-order valence-electron chi connectivity index (χ4n) is 2.16. The van der Waals surface area contributed by atoms with E-state index in [2.05, 4.69) is 9.88 Å². The Bertz CT molecular complexity index is 513. The van der Waals surface area contributed by atoms with Crippen LogP contribution < -0.4 is 9.88 Å². The third-order valence-electron chi connectivity index (χ3n) is 3.14. The van der Waals surface area contributed by atoms with Crippen molar-refractivity contribution in [2.24, 2.45) is 5.14 Å². The molecule has 6 nitrogen and oxygen atoms in total. The fourth-order valence-corrected chi connectivity index (χ4v) is 2.78. The molecule has 0 spiro atoms. The summed E-state index contributed by atoms with van der Waals surface area (Å²) in [5, 5.41) is 5.11. The van der Waals surface area contributed by atoms with Gasteiger partial charge in [0, 0.05) is 12.7 Å². The molecule has 1 aliphatic rings. The zero-order chi connectivity index (χ0) is 13.7. The highest BCUT2D eigenvalue weighted by Crippen LogP contribution is 2.18. The summed E-state index contributed by atoms with van der Waals surface area (Å²) in [6.07, 6.45) is 5.20. The van der Waals surface area contributed by atoms with Crippen LogP contribution in [-0.4, -0.2) is 44.5 Å². The molecule has 1 fully saturated rings. The molecule has 7 heteroatoms. The van der Waals surface area contributed by atoms with Crippen LogP contribution >= 0.6 is 0 Å². The second-order valence-electron chi connectivity index (χ2n) is 4.60. The van der Waals surface area contributed by atoms with Crippen LogP contribution in [0.1, 0.15) is 19.3 Å². The summed E-state index contributed by atoms with van der Waals surface area (Å²) in [6, 6.07) is 2.93. The molecule has 0 aromatic carbocycles. The van der Waals surface area contributed by atoms with E-state index in [1.807, 2.05) is 0 Å². The minimum absolute atomic E-state index is 0.0614. The lowest BCUT2D eigenvalue weighted by atomic mass is 10.1. The summed E-state index contributed by atoms with van der Waals surface area (Å²) in [5.41, 5.74) is 0. The van der Waals surface area contributed by atoms with E-state index in [9.17, 15) is 8.42 Å². The number of nitrogens with zero attached hydrogens (tertiary/aromatic N) is 2. The highest BCUT2D eigenvalue weighted by atomic mass is 32.2. The van der Waals surface area contributed by atoms with Crippen LogP contribution in [0.4, 0.5) is 0 Å². The summed E-state index contributed by atoms with van der Waals surface area (Å²) in [6.45, 7) is 3.35. The number of likely N-dealkylation sites (tertiary alicyclic amines) is 1. The summed E-state index contributed by atoms with van der Waals surface area (Å²) in [4.78, 5) is 6.18. The molecule has 1 aromatic rings. The van der Waals surface area contributed by atoms with Crippen molar-refractivity contribution >= 4 is 10.0 Å². The van der Waals surface area contributed by atoms with Gasteiger partial charge >= 0.3 is 0 Å². The standard InChI is InChI=1S/C12H19N3O3S/c13-19(16,17)11-5-4-6-14-12(11)18-10-9-15-7-2-1-3-8-15/h4-6H,1-3,7-10H2,(H2,13,16,17). The maximum absolute atomic E-state index is 11.4. The molecule has 0 amide bonds. The van der Waals surface area contributed by atoms with Crippen LogP contribution in [0, 0.1) is 0 Å². The Kier molecular flexibility index (Phi) is 4.73. The number of hydrogen-bond donors (Lipinski definition) is 1. The van der Waals surface area contributed by atoms with Gasteiger partial charge in [0.2, 0.25) is 15.9 Å². The van der Waals surface area contributed by atoms with Crippen molar-refractivity contribution in [2.45, 2.75) is 24.2 Å². The molecule has 2 N–H and O–H groups in total. The summed E-state index contributed by atoms with van der Waals surface area (Å²) >= 11 is 0. The van der Waals surface area contributed by atoms with Crippen LogP contribution in [0.25, 0.3) is 0 Å². The second-order valence-corrected chi connectivity index (χ2v) is 6.13. The van der Waals surface area contributed by atoms with E-state index in [0.717, 1.165) is 19.6 Å². The Morgan fingerprint density at radius 3 is 2.74 bits per heavy atom. The third kappa shape index (κ3) is 4.15. The number of aromatic nitrogens is 1. The van der Waals surface area contributed by atoms with Gasteiger partial charge in [-0.1, -0.05) is 6.42 Å². The van der Waals surface area contributed by atoms with E-state index >= 15 is 0 Å². The number of rotatable bonds is 5. The molecular weight excluding hydrogens is 266 g/mol. The molecule has 0 radical (unpaired) electrons. The first-order valence-corrected chi connectivity index (χ1v) is 7.95. The van der Waals surface area contributed by atoms with Crippen LogP contribution in [0.2, 0.25) is 0 Å². The molecular formula is C12H19N3O3S. The number of hydrogen-bond acceptors (Lipinski definition) is 5. The molecule has 0 atom stereocenters.